The molecule has 1 aliphatic rings. The molecule has 1 amide bonds. The van der Waals surface area contributed by atoms with Crippen LogP contribution in [-0.2, 0) is 11.8 Å². The van der Waals surface area contributed by atoms with Crippen LogP contribution < -0.4 is 10.6 Å². The van der Waals surface area contributed by atoms with Crippen LogP contribution in [0.4, 0.5) is 0 Å². The predicted molar refractivity (Wildman–Crippen MR) is 63.2 cm³/mol. The molecule has 2 N–H and O–H groups in total. The van der Waals surface area contributed by atoms with Crippen molar-refractivity contribution in [3.05, 3.63) is 12.2 Å². The fraction of sp³-hybridized carbons (Fsp3) is 0.727. The van der Waals surface area contributed by atoms with E-state index in [9.17, 15) is 4.79 Å². The Labute approximate surface area is 101 Å². The molecule has 2 rings (SSSR count). The first-order valence-corrected chi connectivity index (χ1v) is 5.93. The summed E-state index contributed by atoms with van der Waals surface area (Å²) in [5.74, 6) is 0.797. The van der Waals surface area contributed by atoms with Crippen LogP contribution in [0.15, 0.2) is 6.33 Å². The van der Waals surface area contributed by atoms with Gasteiger partial charge in [-0.1, -0.05) is 0 Å². The van der Waals surface area contributed by atoms with E-state index in [1.54, 1.807) is 6.33 Å². The lowest BCUT2D eigenvalue weighted by atomic mass is 9.99. The molecule has 1 aromatic rings. The zero-order chi connectivity index (χ0) is 12.5. The molecule has 1 aliphatic heterocycles. The van der Waals surface area contributed by atoms with Crippen molar-refractivity contribution in [1.29, 1.82) is 0 Å². The Kier molecular flexibility index (Phi) is 3.15. The number of nitrogens with zero attached hydrogens (tertiary/aromatic N) is 3. The Bertz CT molecular complexity index is 408. The number of aryl methyl sites for hydroxylation is 1. The maximum atomic E-state index is 12.2. The molecule has 1 fully saturated rings. The Morgan fingerprint density at radius 1 is 1.71 bits per heavy atom. The van der Waals surface area contributed by atoms with E-state index in [2.05, 4.69) is 20.8 Å². The topological polar surface area (TPSA) is 71.8 Å². The average molecular weight is 237 g/mol. The van der Waals surface area contributed by atoms with Crippen molar-refractivity contribution in [2.45, 2.75) is 38.3 Å². The smallest absolute Gasteiger partial charge is 0.240 e. The van der Waals surface area contributed by atoms with Crippen molar-refractivity contribution in [3.8, 4) is 0 Å². The predicted octanol–water partition coefficient (Wildman–Crippen LogP) is 0.134. The molecule has 0 aromatic carbocycles. The summed E-state index contributed by atoms with van der Waals surface area (Å²) >= 11 is 0. The van der Waals surface area contributed by atoms with E-state index >= 15 is 0 Å². The molecule has 17 heavy (non-hydrogen) atoms. The van der Waals surface area contributed by atoms with E-state index in [0.29, 0.717) is 0 Å². The zero-order valence-corrected chi connectivity index (χ0v) is 10.5. The van der Waals surface area contributed by atoms with Gasteiger partial charge >= 0.3 is 0 Å². The van der Waals surface area contributed by atoms with Crippen molar-refractivity contribution < 1.29 is 4.79 Å². The van der Waals surface area contributed by atoms with Gasteiger partial charge in [-0.15, -0.1) is 10.2 Å². The Morgan fingerprint density at radius 3 is 3.00 bits per heavy atom. The third-order valence-corrected chi connectivity index (χ3v) is 3.35. The van der Waals surface area contributed by atoms with E-state index in [1.807, 2.05) is 25.5 Å². The van der Waals surface area contributed by atoms with Crippen LogP contribution in [0.5, 0.6) is 0 Å². The third-order valence-electron chi connectivity index (χ3n) is 3.35. The van der Waals surface area contributed by atoms with Gasteiger partial charge in [-0.25, -0.2) is 0 Å². The van der Waals surface area contributed by atoms with E-state index in [4.69, 9.17) is 0 Å². The fourth-order valence-corrected chi connectivity index (χ4v) is 2.19. The van der Waals surface area contributed by atoms with Gasteiger partial charge in [-0.3, -0.25) is 4.79 Å². The second kappa shape index (κ2) is 4.44. The first-order chi connectivity index (χ1) is 8.03. The summed E-state index contributed by atoms with van der Waals surface area (Å²) in [6.07, 6.45) is 3.56. The molecule has 2 atom stereocenters. The Balaban J connectivity index is 2.02. The van der Waals surface area contributed by atoms with Gasteiger partial charge in [0.1, 0.15) is 6.33 Å². The molecule has 0 spiro atoms. The number of hydrogen-bond donors (Lipinski definition) is 2. The van der Waals surface area contributed by atoms with Crippen molar-refractivity contribution in [1.82, 2.24) is 25.4 Å². The first-order valence-electron chi connectivity index (χ1n) is 5.93. The summed E-state index contributed by atoms with van der Waals surface area (Å²) in [6, 6.07) is -0.130. The Hall–Kier alpha value is -1.43. The number of amides is 1. The maximum absolute atomic E-state index is 12.2. The molecule has 0 bridgehead atoms. The van der Waals surface area contributed by atoms with E-state index < -0.39 is 5.54 Å². The molecular formula is C11H19N5O. The van der Waals surface area contributed by atoms with Crippen LogP contribution in [0.25, 0.3) is 0 Å². The minimum Gasteiger partial charge on any atom is -0.345 e. The molecule has 0 radical (unpaired) electrons. The number of rotatable bonds is 3. The Morgan fingerprint density at radius 2 is 2.47 bits per heavy atom. The van der Waals surface area contributed by atoms with Crippen LogP contribution in [0, 0.1) is 0 Å². The van der Waals surface area contributed by atoms with E-state index in [0.717, 1.165) is 25.2 Å². The number of hydrogen-bond acceptors (Lipinski definition) is 4. The molecule has 6 nitrogen and oxygen atoms in total. The zero-order valence-electron chi connectivity index (χ0n) is 10.5. The van der Waals surface area contributed by atoms with Crippen LogP contribution in [0.3, 0.4) is 0 Å². The van der Waals surface area contributed by atoms with Crippen LogP contribution >= 0.6 is 0 Å². The molecule has 1 aromatic heterocycles. The highest BCUT2D eigenvalue weighted by atomic mass is 16.2. The van der Waals surface area contributed by atoms with Gasteiger partial charge in [-0.2, -0.15) is 0 Å². The molecule has 0 aliphatic carbocycles. The maximum Gasteiger partial charge on any atom is 0.240 e. The van der Waals surface area contributed by atoms with Crippen LogP contribution in [-0.4, -0.2) is 32.8 Å². The summed E-state index contributed by atoms with van der Waals surface area (Å²) in [4.78, 5) is 12.2. The van der Waals surface area contributed by atoms with Crippen molar-refractivity contribution in [3.63, 3.8) is 0 Å². The minimum absolute atomic E-state index is 0.0329. The van der Waals surface area contributed by atoms with Gasteiger partial charge in [0.05, 0.1) is 11.6 Å². The minimum atomic E-state index is -0.438. The van der Waals surface area contributed by atoms with Crippen molar-refractivity contribution >= 4 is 5.91 Å². The van der Waals surface area contributed by atoms with Crippen LogP contribution in [0.1, 0.15) is 38.6 Å². The molecule has 6 heteroatoms. The SMILES string of the molecule is CC(NC(=O)C1(C)CCCN1)c1nncn1C. The third kappa shape index (κ3) is 2.31. The fourth-order valence-electron chi connectivity index (χ4n) is 2.19. The summed E-state index contributed by atoms with van der Waals surface area (Å²) in [7, 11) is 1.87. The van der Waals surface area contributed by atoms with Gasteiger partial charge < -0.3 is 15.2 Å². The summed E-state index contributed by atoms with van der Waals surface area (Å²) in [5.41, 5.74) is -0.438. The number of carbonyl (C=O) groups is 1. The lowest BCUT2D eigenvalue weighted by Gasteiger charge is -2.25. The molecule has 94 valence electrons. The second-order valence-corrected chi connectivity index (χ2v) is 4.86. The number of aromatic nitrogens is 3. The molecule has 0 saturated carbocycles. The van der Waals surface area contributed by atoms with Gasteiger partial charge in [0.2, 0.25) is 5.91 Å². The lowest BCUT2D eigenvalue weighted by molar-refractivity contribution is -0.127. The summed E-state index contributed by atoms with van der Waals surface area (Å²) < 4.78 is 1.81. The van der Waals surface area contributed by atoms with Crippen molar-refractivity contribution in [2.24, 2.45) is 7.05 Å². The lowest BCUT2D eigenvalue weighted by Crippen LogP contribution is -2.51. The van der Waals surface area contributed by atoms with E-state index in [1.165, 1.54) is 0 Å². The number of carbonyl (C=O) groups excluding carboxylic acids is 1. The highest BCUT2D eigenvalue weighted by molar-refractivity contribution is 5.86. The summed E-state index contributed by atoms with van der Waals surface area (Å²) in [5, 5.41) is 14.0. The van der Waals surface area contributed by atoms with Crippen LogP contribution in [0.2, 0.25) is 0 Å². The van der Waals surface area contributed by atoms with E-state index in [-0.39, 0.29) is 11.9 Å². The van der Waals surface area contributed by atoms with Crippen molar-refractivity contribution in [2.75, 3.05) is 6.54 Å². The van der Waals surface area contributed by atoms with Gasteiger partial charge in [0.15, 0.2) is 5.82 Å². The van der Waals surface area contributed by atoms with Gasteiger partial charge in [0.25, 0.3) is 0 Å². The standard InChI is InChI=1S/C11H19N5O/c1-8(9-15-13-7-16(9)3)14-10(17)11(2)5-4-6-12-11/h7-8,12H,4-6H2,1-3H3,(H,14,17). The quantitative estimate of drug-likeness (QED) is 0.784. The molecule has 2 heterocycles. The molecule has 1 saturated heterocycles. The number of nitrogens with one attached hydrogen (secondary N) is 2. The largest absolute Gasteiger partial charge is 0.345 e. The van der Waals surface area contributed by atoms with Gasteiger partial charge in [0, 0.05) is 7.05 Å². The molecular weight excluding hydrogens is 218 g/mol. The monoisotopic (exact) mass is 237 g/mol. The first kappa shape index (κ1) is 12.0. The normalized spacial score (nSPS) is 25.8. The summed E-state index contributed by atoms with van der Waals surface area (Å²) in [6.45, 7) is 4.77. The molecule has 2 unspecified atom stereocenters. The highest BCUT2D eigenvalue weighted by Crippen LogP contribution is 2.20. The average Bonchev–Trinajstić information content (AvgIpc) is 2.88. The second-order valence-electron chi connectivity index (χ2n) is 4.86. The highest BCUT2D eigenvalue weighted by Gasteiger charge is 2.36. The van der Waals surface area contributed by atoms with Gasteiger partial charge in [-0.05, 0) is 33.2 Å².